The molecule has 13 rings (SSSR count). The first kappa shape index (κ1) is 35.7. The summed E-state index contributed by atoms with van der Waals surface area (Å²) in [5, 5.41) is 7.59. The summed E-state index contributed by atoms with van der Waals surface area (Å²) < 4.78 is 7.49. The van der Waals surface area contributed by atoms with Crippen molar-refractivity contribution in [2.24, 2.45) is 0 Å². The van der Waals surface area contributed by atoms with E-state index < -0.39 is 0 Å². The van der Waals surface area contributed by atoms with Crippen molar-refractivity contribution in [2.75, 3.05) is 0 Å². The van der Waals surface area contributed by atoms with Gasteiger partial charge in [0.15, 0.2) is 0 Å². The first-order valence-electron chi connectivity index (χ1n) is 21.6. The number of rotatable bonds is 6. The standard InChI is InChI=1S/C60H38N2S/c1-4-13-39(14-5-1)43-23-28-55-50(34-43)52-36-45(25-30-56(52)61(55)47-19-8-3-9-20-47)41-17-12-18-42(33-41)46-26-31-58-53(37-46)51-35-44(40-15-6-2-7-16-40)24-29-57(51)62(58)48-27-32-60-54(38-48)49-21-10-11-22-59(49)63-60/h1-38H. The van der Waals surface area contributed by atoms with E-state index in [-0.39, 0.29) is 0 Å². The highest BCUT2D eigenvalue weighted by atomic mass is 32.1. The van der Waals surface area contributed by atoms with Crippen molar-refractivity contribution < 1.29 is 0 Å². The summed E-state index contributed by atoms with van der Waals surface area (Å²) in [6.45, 7) is 0. The topological polar surface area (TPSA) is 9.86 Å². The lowest BCUT2D eigenvalue weighted by Gasteiger charge is -2.10. The number of aromatic nitrogens is 2. The fraction of sp³-hybridized carbons (Fsp3) is 0. The number of fused-ring (bicyclic) bond motifs is 9. The molecule has 13 aromatic rings. The Morgan fingerprint density at radius 3 is 1.14 bits per heavy atom. The highest BCUT2D eigenvalue weighted by molar-refractivity contribution is 7.25. The van der Waals surface area contributed by atoms with Crippen LogP contribution in [-0.2, 0) is 0 Å². The van der Waals surface area contributed by atoms with Crippen molar-refractivity contribution in [3.63, 3.8) is 0 Å². The third-order valence-corrected chi connectivity index (χ3v) is 14.1. The van der Waals surface area contributed by atoms with E-state index in [1.54, 1.807) is 0 Å². The Hall–Kier alpha value is -7.98. The van der Waals surface area contributed by atoms with E-state index in [0.29, 0.717) is 0 Å². The number of hydrogen-bond acceptors (Lipinski definition) is 1. The van der Waals surface area contributed by atoms with Crippen LogP contribution in [0.2, 0.25) is 0 Å². The summed E-state index contributed by atoms with van der Waals surface area (Å²) in [5.41, 5.74) is 16.8. The lowest BCUT2D eigenvalue weighted by molar-refractivity contribution is 1.18. The van der Waals surface area contributed by atoms with E-state index in [1.165, 1.54) is 114 Å². The molecular weight excluding hydrogens is 781 g/mol. The van der Waals surface area contributed by atoms with Crippen LogP contribution >= 0.6 is 11.3 Å². The van der Waals surface area contributed by atoms with Gasteiger partial charge in [0.25, 0.3) is 0 Å². The molecule has 0 bridgehead atoms. The zero-order valence-electron chi connectivity index (χ0n) is 34.2. The zero-order valence-corrected chi connectivity index (χ0v) is 35.1. The van der Waals surface area contributed by atoms with Crippen LogP contribution in [0.5, 0.6) is 0 Å². The third-order valence-electron chi connectivity index (χ3n) is 12.9. The predicted molar refractivity (Wildman–Crippen MR) is 270 cm³/mol. The van der Waals surface area contributed by atoms with Crippen LogP contribution in [0.3, 0.4) is 0 Å². The molecule has 2 nitrogen and oxygen atoms in total. The van der Waals surface area contributed by atoms with Gasteiger partial charge in [-0.25, -0.2) is 0 Å². The average Bonchev–Trinajstić information content (AvgIpc) is 4.01. The minimum Gasteiger partial charge on any atom is -0.309 e. The van der Waals surface area contributed by atoms with E-state index in [0.717, 1.165) is 5.69 Å². The second-order valence-corrected chi connectivity index (χ2v) is 17.6. The molecule has 0 radical (unpaired) electrons. The van der Waals surface area contributed by atoms with Crippen molar-refractivity contribution in [1.29, 1.82) is 0 Å². The van der Waals surface area contributed by atoms with Gasteiger partial charge in [0.2, 0.25) is 0 Å². The second-order valence-electron chi connectivity index (χ2n) is 16.5. The Bertz CT molecular complexity index is 3890. The lowest BCUT2D eigenvalue weighted by atomic mass is 9.96. The van der Waals surface area contributed by atoms with Crippen molar-refractivity contribution in [3.8, 4) is 55.9 Å². The van der Waals surface area contributed by atoms with E-state index >= 15 is 0 Å². The van der Waals surface area contributed by atoms with Crippen molar-refractivity contribution in [2.45, 2.75) is 0 Å². The zero-order chi connectivity index (χ0) is 41.4. The third kappa shape index (κ3) is 5.85. The summed E-state index contributed by atoms with van der Waals surface area (Å²) >= 11 is 1.86. The van der Waals surface area contributed by atoms with Gasteiger partial charge in [-0.2, -0.15) is 0 Å². The molecule has 0 unspecified atom stereocenters. The highest BCUT2D eigenvalue weighted by Crippen LogP contribution is 2.42. The molecule has 0 aliphatic rings. The second kappa shape index (κ2) is 14.3. The molecule has 0 aliphatic heterocycles. The molecule has 0 fully saturated rings. The molecule has 0 spiro atoms. The SMILES string of the molecule is c1ccc(-c2ccc3c(c2)c2cc(-c4cccc(-c5ccc6c(c5)c5cc(-c7ccccc7)ccc5n6-c5ccc6sc7ccccc7c6c5)c4)ccc2n3-c2ccccc2)cc1. The molecule has 294 valence electrons. The minimum absolute atomic E-state index is 1.16. The maximum Gasteiger partial charge on any atom is 0.0541 e. The molecule has 0 N–H and O–H groups in total. The minimum atomic E-state index is 1.16. The van der Waals surface area contributed by atoms with Gasteiger partial charge >= 0.3 is 0 Å². The fourth-order valence-electron chi connectivity index (χ4n) is 9.89. The van der Waals surface area contributed by atoms with Gasteiger partial charge in [-0.05, 0) is 136 Å². The molecular formula is C60H38N2S. The number of nitrogens with zero attached hydrogens (tertiary/aromatic N) is 2. The maximum atomic E-state index is 2.45. The largest absolute Gasteiger partial charge is 0.309 e. The number of para-hydroxylation sites is 1. The van der Waals surface area contributed by atoms with Crippen LogP contribution in [0.4, 0.5) is 0 Å². The summed E-state index contributed by atoms with van der Waals surface area (Å²) in [4.78, 5) is 0. The Labute approximate surface area is 368 Å². The van der Waals surface area contributed by atoms with Crippen molar-refractivity contribution >= 4 is 75.1 Å². The molecule has 63 heavy (non-hydrogen) atoms. The van der Waals surface area contributed by atoms with Crippen LogP contribution in [-0.4, -0.2) is 9.13 Å². The van der Waals surface area contributed by atoms with Crippen LogP contribution in [0.1, 0.15) is 0 Å². The van der Waals surface area contributed by atoms with E-state index in [1.807, 2.05) is 11.3 Å². The van der Waals surface area contributed by atoms with Gasteiger partial charge in [-0.3, -0.25) is 0 Å². The molecule has 10 aromatic carbocycles. The Morgan fingerprint density at radius 1 is 0.222 bits per heavy atom. The molecule has 3 heteroatoms. The maximum absolute atomic E-state index is 2.45. The summed E-state index contributed by atoms with van der Waals surface area (Å²) in [7, 11) is 0. The van der Waals surface area contributed by atoms with E-state index in [9.17, 15) is 0 Å². The van der Waals surface area contributed by atoms with Gasteiger partial charge in [0.1, 0.15) is 0 Å². The van der Waals surface area contributed by atoms with Gasteiger partial charge < -0.3 is 9.13 Å². The van der Waals surface area contributed by atoms with Crippen molar-refractivity contribution in [3.05, 3.63) is 231 Å². The summed E-state index contributed by atoms with van der Waals surface area (Å²) in [6, 6.07) is 84.8. The molecule has 0 amide bonds. The Morgan fingerprint density at radius 2 is 0.619 bits per heavy atom. The molecule has 3 aromatic heterocycles. The van der Waals surface area contributed by atoms with E-state index in [4.69, 9.17) is 0 Å². The highest BCUT2D eigenvalue weighted by Gasteiger charge is 2.18. The number of thiophene rings is 1. The van der Waals surface area contributed by atoms with Gasteiger partial charge in [-0.1, -0.05) is 140 Å². The molecule has 0 aliphatic carbocycles. The Balaban J connectivity index is 0.965. The van der Waals surface area contributed by atoms with Crippen molar-refractivity contribution in [1.82, 2.24) is 9.13 Å². The summed E-state index contributed by atoms with van der Waals surface area (Å²) in [5.74, 6) is 0. The quantitative estimate of drug-likeness (QED) is 0.158. The molecule has 0 saturated carbocycles. The van der Waals surface area contributed by atoms with Crippen LogP contribution in [0, 0.1) is 0 Å². The molecule has 3 heterocycles. The summed E-state index contributed by atoms with van der Waals surface area (Å²) in [6.07, 6.45) is 0. The monoisotopic (exact) mass is 818 g/mol. The van der Waals surface area contributed by atoms with Crippen LogP contribution in [0.15, 0.2) is 231 Å². The first-order chi connectivity index (χ1) is 31.2. The van der Waals surface area contributed by atoms with Crippen LogP contribution < -0.4 is 0 Å². The molecule has 0 atom stereocenters. The predicted octanol–water partition coefficient (Wildman–Crippen LogP) is 16.9. The van der Waals surface area contributed by atoms with Gasteiger partial charge in [0.05, 0.1) is 22.1 Å². The first-order valence-corrected chi connectivity index (χ1v) is 22.4. The molecule has 0 saturated heterocycles. The van der Waals surface area contributed by atoms with E-state index in [2.05, 4.69) is 240 Å². The Kier molecular flexibility index (Phi) is 8.12. The lowest BCUT2D eigenvalue weighted by Crippen LogP contribution is -1.93. The van der Waals surface area contributed by atoms with Crippen LogP contribution in [0.25, 0.3) is 120 Å². The fourth-order valence-corrected chi connectivity index (χ4v) is 11.0. The number of hydrogen-bond donors (Lipinski definition) is 0. The average molecular weight is 819 g/mol. The van der Waals surface area contributed by atoms with Gasteiger partial charge in [0, 0.05) is 53.1 Å². The van der Waals surface area contributed by atoms with Gasteiger partial charge in [-0.15, -0.1) is 11.3 Å². The number of benzene rings is 10. The normalized spacial score (nSPS) is 11.8. The smallest absolute Gasteiger partial charge is 0.0541 e.